The predicted molar refractivity (Wildman–Crippen MR) is 151 cm³/mol. The number of phenolic OH excluding ortho intramolecular Hbond substituents is 2. The van der Waals surface area contributed by atoms with Crippen molar-refractivity contribution < 1.29 is 48.7 Å². The van der Waals surface area contributed by atoms with E-state index >= 15 is 0 Å². The Morgan fingerprint density at radius 1 is 1.05 bits per heavy atom. The van der Waals surface area contributed by atoms with Gasteiger partial charge in [-0.25, -0.2) is 0 Å². The molecule has 2 aliphatic carbocycles. The van der Waals surface area contributed by atoms with Gasteiger partial charge in [0.2, 0.25) is 0 Å². The van der Waals surface area contributed by atoms with Crippen LogP contribution in [0.1, 0.15) is 82.2 Å². The molecule has 2 saturated heterocycles. The molecule has 0 aromatic heterocycles. The van der Waals surface area contributed by atoms with Crippen molar-refractivity contribution in [2.75, 3.05) is 25.5 Å². The second-order valence-corrected chi connectivity index (χ2v) is 11.6. The Labute approximate surface area is 248 Å². The summed E-state index contributed by atoms with van der Waals surface area (Å²) in [6.07, 6.45) is -1.69. The minimum absolute atomic E-state index is 0.0180. The number of ketones is 3. The molecule has 0 radical (unpaired) electrons. The summed E-state index contributed by atoms with van der Waals surface area (Å²) in [6.45, 7) is 4.38. The molecule has 2 aromatic rings. The highest BCUT2D eigenvalue weighted by Crippen LogP contribution is 2.51. The third-order valence-electron chi connectivity index (χ3n) is 8.96. The summed E-state index contributed by atoms with van der Waals surface area (Å²) in [6, 6.07) is 4.45. The van der Waals surface area contributed by atoms with Crippen molar-refractivity contribution in [3.63, 3.8) is 0 Å². The molecule has 0 bridgehead atoms. The van der Waals surface area contributed by atoms with Crippen LogP contribution in [-0.2, 0) is 30.2 Å². The van der Waals surface area contributed by atoms with Gasteiger partial charge in [0, 0.05) is 41.3 Å². The van der Waals surface area contributed by atoms with Crippen LogP contribution >= 0.6 is 0 Å². The fraction of sp³-hybridized carbons (Fsp3) is 0.516. The molecule has 0 saturated carbocycles. The second-order valence-electron chi connectivity index (χ2n) is 11.6. The Bertz CT molecular complexity index is 1480. The molecular formula is C31H36N2O10. The number of phenols is 2. The fourth-order valence-corrected chi connectivity index (χ4v) is 6.70. The average Bonchev–Trinajstić information content (AvgIpc) is 2.99. The van der Waals surface area contributed by atoms with Crippen LogP contribution in [0.5, 0.6) is 11.5 Å². The van der Waals surface area contributed by atoms with E-state index in [1.54, 1.807) is 0 Å². The maximum absolute atomic E-state index is 13.6. The number of Topliss-reactive ketones (excluding diaryl/α,β-unsaturated/α-hetero) is 1. The molecule has 4 aliphatic rings. The first-order chi connectivity index (χ1) is 20.6. The van der Waals surface area contributed by atoms with Crippen LogP contribution in [0.15, 0.2) is 18.2 Å². The van der Waals surface area contributed by atoms with Gasteiger partial charge in [0.25, 0.3) is 0 Å². The molecular weight excluding hydrogens is 560 g/mol. The van der Waals surface area contributed by atoms with Gasteiger partial charge in [0.1, 0.15) is 24.3 Å². The maximum Gasteiger partial charge on any atom is 0.200 e. The van der Waals surface area contributed by atoms with E-state index < -0.39 is 53.8 Å². The van der Waals surface area contributed by atoms with Crippen molar-refractivity contribution in [2.24, 2.45) is 5.92 Å². The number of aromatic hydroxyl groups is 2. The lowest BCUT2D eigenvalue weighted by atomic mass is 9.73. The topological polar surface area (TPSA) is 187 Å². The summed E-state index contributed by atoms with van der Waals surface area (Å²) in [4.78, 5) is 39.8. The smallest absolute Gasteiger partial charge is 0.200 e. The first-order valence-electron chi connectivity index (χ1n) is 14.6. The third-order valence-corrected chi connectivity index (χ3v) is 8.96. The van der Waals surface area contributed by atoms with E-state index in [1.165, 1.54) is 18.2 Å². The lowest BCUT2D eigenvalue weighted by Crippen LogP contribution is -2.52. The number of fused-ring (bicyclic) bond motifs is 3. The molecule has 2 fully saturated rings. The summed E-state index contributed by atoms with van der Waals surface area (Å²) in [7, 11) is 0. The van der Waals surface area contributed by atoms with Crippen LogP contribution in [0.25, 0.3) is 0 Å². The monoisotopic (exact) mass is 596 g/mol. The number of rotatable bonds is 6. The van der Waals surface area contributed by atoms with Gasteiger partial charge in [0.05, 0.1) is 47.7 Å². The number of hydrogen-bond acceptors (Lipinski definition) is 12. The number of morpholine rings is 1. The standard InChI is InChI=1S/C31H36N2O10/c1-13-20(43-31-14(2)40-9-8-33-31)6-7-22(41-13)42-21-11-15(19(35)12-34)10-17-24(21)30(39)26-25(28(17)37)27(36)16-4-3-5-18(32)23(16)29(26)38/h3-5,13-15,20-22,31,33-34,37,39H,6-12,32H2,1-2H3/t13-,14+,15+,20-,21-,22-,31+/m0/s1. The summed E-state index contributed by atoms with van der Waals surface area (Å²) >= 11 is 0. The number of nitrogens with one attached hydrogen (secondary N) is 1. The minimum Gasteiger partial charge on any atom is -0.507 e. The van der Waals surface area contributed by atoms with Crippen LogP contribution in [0.2, 0.25) is 0 Å². The highest BCUT2D eigenvalue weighted by Gasteiger charge is 2.44. The normalized spacial score (nSPS) is 30.3. The molecule has 2 aliphatic heterocycles. The molecule has 43 heavy (non-hydrogen) atoms. The number of aliphatic hydroxyl groups excluding tert-OH is 1. The molecule has 2 aromatic carbocycles. The average molecular weight is 597 g/mol. The zero-order valence-corrected chi connectivity index (χ0v) is 24.0. The molecule has 12 heteroatoms. The summed E-state index contributed by atoms with van der Waals surface area (Å²) in [5, 5.41) is 35.9. The van der Waals surface area contributed by atoms with E-state index in [9.17, 15) is 29.7 Å². The van der Waals surface area contributed by atoms with Gasteiger partial charge >= 0.3 is 0 Å². The quantitative estimate of drug-likeness (QED) is 0.206. The first-order valence-corrected chi connectivity index (χ1v) is 14.6. The first kappa shape index (κ1) is 29.7. The Morgan fingerprint density at radius 3 is 2.53 bits per heavy atom. The van der Waals surface area contributed by atoms with Crippen LogP contribution < -0.4 is 11.1 Å². The highest BCUT2D eigenvalue weighted by molar-refractivity contribution is 6.32. The Kier molecular flexibility index (Phi) is 8.01. The summed E-state index contributed by atoms with van der Waals surface area (Å²) < 4.78 is 24.4. The number of carbonyl (C=O) groups is 3. The third kappa shape index (κ3) is 5.11. The Morgan fingerprint density at radius 2 is 1.81 bits per heavy atom. The van der Waals surface area contributed by atoms with Crippen molar-refractivity contribution in [1.82, 2.24) is 5.32 Å². The van der Waals surface area contributed by atoms with Crippen LogP contribution in [0.4, 0.5) is 5.69 Å². The summed E-state index contributed by atoms with van der Waals surface area (Å²) in [5.41, 5.74) is 5.64. The van der Waals surface area contributed by atoms with Gasteiger partial charge in [-0.15, -0.1) is 0 Å². The zero-order chi connectivity index (χ0) is 30.6. The number of nitrogens with two attached hydrogens (primary N) is 1. The molecule has 2 heterocycles. The number of benzene rings is 2. The van der Waals surface area contributed by atoms with Crippen molar-refractivity contribution >= 4 is 23.0 Å². The molecule has 6 N–H and O–H groups in total. The van der Waals surface area contributed by atoms with E-state index in [4.69, 9.17) is 24.7 Å². The van der Waals surface area contributed by atoms with Gasteiger partial charge in [-0.1, -0.05) is 12.1 Å². The molecule has 230 valence electrons. The van der Waals surface area contributed by atoms with E-state index in [1.807, 2.05) is 13.8 Å². The lowest BCUT2D eigenvalue weighted by molar-refractivity contribution is -0.259. The van der Waals surface area contributed by atoms with Gasteiger partial charge < -0.3 is 40.0 Å². The predicted octanol–water partition coefficient (Wildman–Crippen LogP) is 1.88. The number of hydrogen-bond donors (Lipinski definition) is 5. The molecule has 12 nitrogen and oxygen atoms in total. The van der Waals surface area contributed by atoms with Crippen molar-refractivity contribution in [1.29, 1.82) is 0 Å². The lowest BCUT2D eigenvalue weighted by Gasteiger charge is -2.41. The van der Waals surface area contributed by atoms with Crippen LogP contribution in [-0.4, -0.2) is 83.3 Å². The number of ether oxygens (including phenoxy) is 4. The number of nitrogen functional groups attached to an aromatic ring is 1. The molecule has 0 amide bonds. The Hall–Kier alpha value is -3.39. The fourth-order valence-electron chi connectivity index (χ4n) is 6.70. The minimum atomic E-state index is -0.985. The van der Waals surface area contributed by atoms with E-state index in [0.29, 0.717) is 26.0 Å². The highest BCUT2D eigenvalue weighted by atomic mass is 16.7. The van der Waals surface area contributed by atoms with E-state index in [-0.39, 0.29) is 76.4 Å². The number of carbonyl (C=O) groups excluding carboxylic acids is 3. The van der Waals surface area contributed by atoms with Crippen LogP contribution in [0.3, 0.4) is 0 Å². The van der Waals surface area contributed by atoms with Crippen molar-refractivity contribution in [3.05, 3.63) is 51.6 Å². The molecule has 0 spiro atoms. The summed E-state index contributed by atoms with van der Waals surface area (Å²) in [5.74, 6) is -3.59. The van der Waals surface area contributed by atoms with Gasteiger partial charge in [-0.3, -0.25) is 19.7 Å². The van der Waals surface area contributed by atoms with E-state index in [0.717, 1.165) is 0 Å². The van der Waals surface area contributed by atoms with Gasteiger partial charge in [0.15, 0.2) is 23.6 Å². The van der Waals surface area contributed by atoms with Gasteiger partial charge in [-0.2, -0.15) is 0 Å². The molecule has 7 atom stereocenters. The molecule has 6 rings (SSSR count). The zero-order valence-electron chi connectivity index (χ0n) is 24.0. The number of aliphatic hydroxyl groups is 1. The largest absolute Gasteiger partial charge is 0.507 e. The maximum atomic E-state index is 13.6. The van der Waals surface area contributed by atoms with E-state index in [2.05, 4.69) is 5.32 Å². The SMILES string of the molecule is C[C@@H]1O[C@@H](O[C@H]2C[C@H](C(=O)CO)Cc3c(O)c4c(c(O)c32)C(=O)c2c(N)cccc2C4=O)CC[C@@H]1O[C@H]1NCCO[C@@H]1C. The Balaban J connectivity index is 1.32. The number of anilines is 1. The van der Waals surface area contributed by atoms with Crippen molar-refractivity contribution in [2.45, 2.75) is 76.5 Å². The van der Waals surface area contributed by atoms with Crippen LogP contribution in [0, 0.1) is 5.92 Å². The van der Waals surface area contributed by atoms with Gasteiger partial charge in [-0.05, 0) is 39.2 Å². The molecule has 0 unspecified atom stereocenters. The second kappa shape index (κ2) is 11.6. The van der Waals surface area contributed by atoms with Crippen molar-refractivity contribution in [3.8, 4) is 11.5 Å².